The number of aromatic nitrogens is 1. The Morgan fingerprint density at radius 3 is 2.70 bits per heavy atom. The van der Waals surface area contributed by atoms with Crippen molar-refractivity contribution in [3.63, 3.8) is 0 Å². The van der Waals surface area contributed by atoms with E-state index in [4.69, 9.17) is 5.73 Å². The number of amides is 1. The lowest BCUT2D eigenvalue weighted by molar-refractivity contribution is 0.103. The van der Waals surface area contributed by atoms with Crippen LogP contribution >= 0.6 is 33.9 Å². The van der Waals surface area contributed by atoms with Gasteiger partial charge in [0.15, 0.2) is 0 Å². The summed E-state index contributed by atoms with van der Waals surface area (Å²) in [5.74, 6) is -0.202. The Kier molecular flexibility index (Phi) is 3.58. The van der Waals surface area contributed by atoms with Crippen molar-refractivity contribution in [1.82, 2.24) is 4.98 Å². The van der Waals surface area contributed by atoms with E-state index in [2.05, 4.69) is 32.9 Å². The number of carbonyl (C=O) groups is 1. The molecule has 0 bridgehead atoms. The zero-order chi connectivity index (χ0) is 14.1. The maximum atomic E-state index is 12.3. The number of benzene rings is 1. The number of hydrogen-bond donors (Lipinski definition) is 2. The highest BCUT2D eigenvalue weighted by molar-refractivity contribution is 14.1. The number of hydrogen-bond acceptors (Lipinski definition) is 4. The number of nitrogens with zero attached hydrogens (tertiary/aromatic N) is 1. The molecular weight excluding hydrogens is 385 g/mol. The van der Waals surface area contributed by atoms with E-state index in [9.17, 15) is 4.79 Å². The SMILES string of the molecule is Nc1c(C(=O)Nc2ccc(I)cc2)sc2ncccc12. The maximum Gasteiger partial charge on any atom is 0.267 e. The first-order valence-electron chi connectivity index (χ1n) is 5.85. The number of anilines is 2. The predicted molar refractivity (Wildman–Crippen MR) is 91.1 cm³/mol. The van der Waals surface area contributed by atoms with E-state index in [1.165, 1.54) is 11.3 Å². The molecule has 0 saturated carbocycles. The van der Waals surface area contributed by atoms with Crippen molar-refractivity contribution < 1.29 is 4.79 Å². The molecule has 0 fully saturated rings. The van der Waals surface area contributed by atoms with Crippen molar-refractivity contribution in [3.8, 4) is 0 Å². The average Bonchev–Trinajstić information content (AvgIpc) is 2.79. The average molecular weight is 395 g/mol. The van der Waals surface area contributed by atoms with E-state index in [1.807, 2.05) is 36.4 Å². The van der Waals surface area contributed by atoms with Gasteiger partial charge in [0.05, 0.1) is 5.69 Å². The molecular formula is C14H10IN3OS. The molecule has 0 spiro atoms. The normalized spacial score (nSPS) is 10.7. The minimum atomic E-state index is -0.202. The quantitative estimate of drug-likeness (QED) is 0.650. The van der Waals surface area contributed by atoms with E-state index < -0.39 is 0 Å². The molecule has 0 aliphatic rings. The number of carbonyl (C=O) groups excluding carboxylic acids is 1. The first kappa shape index (κ1) is 13.3. The Morgan fingerprint density at radius 2 is 2.00 bits per heavy atom. The Balaban J connectivity index is 1.92. The summed E-state index contributed by atoms with van der Waals surface area (Å²) in [6.07, 6.45) is 1.69. The second kappa shape index (κ2) is 5.37. The van der Waals surface area contributed by atoms with Gasteiger partial charge in [0.1, 0.15) is 9.71 Å². The molecule has 3 rings (SSSR count). The molecule has 4 nitrogen and oxygen atoms in total. The Bertz CT molecular complexity index is 783. The number of halogens is 1. The van der Waals surface area contributed by atoms with Crippen LogP contribution in [0.1, 0.15) is 9.67 Å². The number of fused-ring (bicyclic) bond motifs is 1. The fourth-order valence-corrected chi connectivity index (χ4v) is 3.16. The smallest absolute Gasteiger partial charge is 0.267 e. The summed E-state index contributed by atoms with van der Waals surface area (Å²) in [5.41, 5.74) is 7.26. The largest absolute Gasteiger partial charge is 0.397 e. The highest BCUT2D eigenvalue weighted by Crippen LogP contribution is 2.32. The summed E-state index contributed by atoms with van der Waals surface area (Å²) in [7, 11) is 0. The molecule has 0 saturated heterocycles. The van der Waals surface area contributed by atoms with E-state index in [0.717, 1.165) is 19.5 Å². The van der Waals surface area contributed by atoms with Crippen LogP contribution in [0.5, 0.6) is 0 Å². The first-order valence-corrected chi connectivity index (χ1v) is 7.74. The highest BCUT2D eigenvalue weighted by atomic mass is 127. The lowest BCUT2D eigenvalue weighted by Gasteiger charge is -2.04. The summed E-state index contributed by atoms with van der Waals surface area (Å²) in [4.78, 5) is 17.8. The molecule has 2 heterocycles. The molecule has 0 aliphatic heterocycles. The lowest BCUT2D eigenvalue weighted by atomic mass is 10.2. The van der Waals surface area contributed by atoms with Crippen molar-refractivity contribution in [2.75, 3.05) is 11.1 Å². The van der Waals surface area contributed by atoms with Crippen molar-refractivity contribution >= 4 is 61.4 Å². The molecule has 3 N–H and O–H groups in total. The van der Waals surface area contributed by atoms with E-state index in [-0.39, 0.29) is 5.91 Å². The topological polar surface area (TPSA) is 68.0 Å². The van der Waals surface area contributed by atoms with Crippen molar-refractivity contribution in [1.29, 1.82) is 0 Å². The minimum absolute atomic E-state index is 0.202. The first-order chi connectivity index (χ1) is 9.65. The third-order valence-corrected chi connectivity index (χ3v) is 4.66. The van der Waals surface area contributed by atoms with Crippen LogP contribution in [0.4, 0.5) is 11.4 Å². The van der Waals surface area contributed by atoms with E-state index in [0.29, 0.717) is 10.6 Å². The maximum absolute atomic E-state index is 12.3. The zero-order valence-electron chi connectivity index (χ0n) is 10.3. The Morgan fingerprint density at radius 1 is 1.25 bits per heavy atom. The fourth-order valence-electron chi connectivity index (χ4n) is 1.84. The van der Waals surface area contributed by atoms with Crippen LogP contribution in [0.3, 0.4) is 0 Å². The van der Waals surface area contributed by atoms with E-state index in [1.54, 1.807) is 6.20 Å². The van der Waals surface area contributed by atoms with Crippen LogP contribution in [0, 0.1) is 3.57 Å². The van der Waals surface area contributed by atoms with Crippen LogP contribution in [0.15, 0.2) is 42.6 Å². The monoisotopic (exact) mass is 395 g/mol. The standard InChI is InChI=1S/C14H10IN3OS/c15-8-3-5-9(6-4-8)18-13(19)12-11(16)10-2-1-7-17-14(10)20-12/h1-7H,16H2,(H,18,19). The van der Waals surface area contributed by atoms with Gasteiger partial charge >= 0.3 is 0 Å². The summed E-state index contributed by atoms with van der Waals surface area (Å²) in [5, 5.41) is 3.67. The molecule has 0 radical (unpaired) electrons. The highest BCUT2D eigenvalue weighted by Gasteiger charge is 2.16. The van der Waals surface area contributed by atoms with Crippen LogP contribution in [0.25, 0.3) is 10.2 Å². The number of nitrogen functional groups attached to an aromatic ring is 1. The van der Waals surface area contributed by atoms with Gasteiger partial charge in [-0.15, -0.1) is 11.3 Å². The van der Waals surface area contributed by atoms with Gasteiger partial charge < -0.3 is 11.1 Å². The van der Waals surface area contributed by atoms with Crippen molar-refractivity contribution in [3.05, 3.63) is 51.0 Å². The number of nitrogens with two attached hydrogens (primary N) is 1. The van der Waals surface area contributed by atoms with Gasteiger partial charge in [-0.05, 0) is 59.0 Å². The second-order valence-electron chi connectivity index (χ2n) is 4.16. The molecule has 0 unspecified atom stereocenters. The zero-order valence-corrected chi connectivity index (χ0v) is 13.2. The number of rotatable bonds is 2. The Hall–Kier alpha value is -1.67. The van der Waals surface area contributed by atoms with Crippen LogP contribution in [-0.2, 0) is 0 Å². The van der Waals surface area contributed by atoms with Gasteiger partial charge in [0, 0.05) is 20.8 Å². The van der Waals surface area contributed by atoms with E-state index >= 15 is 0 Å². The predicted octanol–water partition coefficient (Wildman–Crippen LogP) is 3.74. The summed E-state index contributed by atoms with van der Waals surface area (Å²) < 4.78 is 1.12. The van der Waals surface area contributed by atoms with Gasteiger partial charge in [-0.2, -0.15) is 0 Å². The summed E-state index contributed by atoms with van der Waals surface area (Å²) in [6.45, 7) is 0. The third-order valence-electron chi connectivity index (χ3n) is 2.81. The molecule has 1 aromatic carbocycles. The lowest BCUT2D eigenvalue weighted by Crippen LogP contribution is -2.11. The Labute approximate surface area is 133 Å². The summed E-state index contributed by atoms with van der Waals surface area (Å²) >= 11 is 3.52. The number of nitrogens with one attached hydrogen (secondary N) is 1. The minimum Gasteiger partial charge on any atom is -0.397 e. The van der Waals surface area contributed by atoms with Gasteiger partial charge in [-0.3, -0.25) is 4.79 Å². The molecule has 3 aromatic rings. The number of pyridine rings is 1. The van der Waals surface area contributed by atoms with Crippen molar-refractivity contribution in [2.45, 2.75) is 0 Å². The molecule has 20 heavy (non-hydrogen) atoms. The number of thiophene rings is 1. The third kappa shape index (κ3) is 2.48. The summed E-state index contributed by atoms with van der Waals surface area (Å²) in [6, 6.07) is 11.3. The molecule has 100 valence electrons. The molecule has 1 amide bonds. The van der Waals surface area contributed by atoms with Crippen LogP contribution in [0.2, 0.25) is 0 Å². The molecule has 0 aliphatic carbocycles. The van der Waals surface area contributed by atoms with Crippen molar-refractivity contribution in [2.24, 2.45) is 0 Å². The molecule has 6 heteroatoms. The van der Waals surface area contributed by atoms with Gasteiger partial charge in [-0.25, -0.2) is 4.98 Å². The van der Waals surface area contributed by atoms with Gasteiger partial charge in [0.25, 0.3) is 5.91 Å². The van der Waals surface area contributed by atoms with Gasteiger partial charge in [0.2, 0.25) is 0 Å². The fraction of sp³-hybridized carbons (Fsp3) is 0. The second-order valence-corrected chi connectivity index (χ2v) is 6.41. The van der Waals surface area contributed by atoms with Crippen LogP contribution < -0.4 is 11.1 Å². The molecule has 2 aromatic heterocycles. The van der Waals surface area contributed by atoms with Crippen LogP contribution in [-0.4, -0.2) is 10.9 Å². The molecule has 0 atom stereocenters. The van der Waals surface area contributed by atoms with Gasteiger partial charge in [-0.1, -0.05) is 0 Å².